The Kier molecular flexibility index (Phi) is 3.63. The summed E-state index contributed by atoms with van der Waals surface area (Å²) in [5.41, 5.74) is 0.412. The summed E-state index contributed by atoms with van der Waals surface area (Å²) >= 11 is 11.7. The molecule has 6 heteroatoms. The van der Waals surface area contributed by atoms with Crippen molar-refractivity contribution in [3.8, 4) is 0 Å². The summed E-state index contributed by atoms with van der Waals surface area (Å²) in [4.78, 5) is 15.6. The van der Waals surface area contributed by atoms with E-state index in [2.05, 4.69) is 10.3 Å². The number of pyridine rings is 1. The first-order valence-electron chi connectivity index (χ1n) is 4.90. The molecule has 1 amide bonds. The third kappa shape index (κ3) is 2.45. The number of nitrogens with one attached hydrogen (secondary N) is 1. The lowest BCUT2D eigenvalue weighted by Crippen LogP contribution is -2.27. The van der Waals surface area contributed by atoms with Crippen LogP contribution in [0.15, 0.2) is 12.4 Å². The highest BCUT2D eigenvalue weighted by Gasteiger charge is 2.24. The smallest absolute Gasteiger partial charge is 0.253 e. The first-order valence-corrected chi connectivity index (χ1v) is 5.65. The van der Waals surface area contributed by atoms with Crippen molar-refractivity contribution >= 4 is 34.8 Å². The number of anilines is 1. The quantitative estimate of drug-likeness (QED) is 0.889. The van der Waals surface area contributed by atoms with Gasteiger partial charge >= 0.3 is 0 Å². The second kappa shape index (κ2) is 4.99. The van der Waals surface area contributed by atoms with Crippen LogP contribution in [0.4, 0.5) is 5.69 Å². The van der Waals surface area contributed by atoms with E-state index in [1.165, 1.54) is 12.4 Å². The molecule has 0 radical (unpaired) electrons. The lowest BCUT2D eigenvalue weighted by molar-refractivity contribution is -0.124. The van der Waals surface area contributed by atoms with Crippen LogP contribution in [0.5, 0.6) is 0 Å². The number of hydrogen-bond acceptors (Lipinski definition) is 3. The average Bonchev–Trinajstić information content (AvgIpc) is 2.78. The minimum absolute atomic E-state index is 0.205. The molecule has 0 aliphatic carbocycles. The van der Waals surface area contributed by atoms with Crippen molar-refractivity contribution in [1.29, 1.82) is 0 Å². The number of rotatable bonds is 2. The summed E-state index contributed by atoms with van der Waals surface area (Å²) in [5, 5.41) is 3.26. The normalized spacial score (nSPS) is 19.8. The van der Waals surface area contributed by atoms with Gasteiger partial charge in [-0.1, -0.05) is 23.2 Å². The molecule has 1 aromatic heterocycles. The van der Waals surface area contributed by atoms with Gasteiger partial charge in [-0.3, -0.25) is 9.78 Å². The van der Waals surface area contributed by atoms with Crippen LogP contribution in [-0.2, 0) is 9.53 Å². The Morgan fingerprint density at radius 1 is 1.50 bits per heavy atom. The molecule has 1 fully saturated rings. The standard InChI is InChI=1S/C10H10Cl2N2O2/c11-6-4-13-5-7(9(6)12)14-10(15)8-2-1-3-16-8/h4-5,8H,1-3H2,(H,14,15)/t8-/m0/s1. The highest BCUT2D eigenvalue weighted by Crippen LogP contribution is 2.28. The molecule has 0 bridgehead atoms. The molecule has 1 N–H and O–H groups in total. The predicted molar refractivity (Wildman–Crippen MR) is 61.9 cm³/mol. The summed E-state index contributed by atoms with van der Waals surface area (Å²) in [5.74, 6) is -0.205. The molecule has 1 saturated heterocycles. The molecule has 16 heavy (non-hydrogen) atoms. The predicted octanol–water partition coefficient (Wildman–Crippen LogP) is 2.51. The molecule has 1 aromatic rings. The molecule has 1 aliphatic heterocycles. The van der Waals surface area contributed by atoms with E-state index in [1.54, 1.807) is 0 Å². The maximum atomic E-state index is 11.7. The van der Waals surface area contributed by atoms with E-state index >= 15 is 0 Å². The topological polar surface area (TPSA) is 51.2 Å². The van der Waals surface area contributed by atoms with Crippen LogP contribution < -0.4 is 5.32 Å². The zero-order valence-corrected chi connectivity index (χ0v) is 9.88. The van der Waals surface area contributed by atoms with Crippen LogP contribution in [0.3, 0.4) is 0 Å². The van der Waals surface area contributed by atoms with Crippen LogP contribution in [0.2, 0.25) is 10.0 Å². The van der Waals surface area contributed by atoms with Gasteiger partial charge in [-0.2, -0.15) is 0 Å². The Balaban J connectivity index is 2.08. The molecule has 0 spiro atoms. The third-order valence-corrected chi connectivity index (χ3v) is 3.11. The lowest BCUT2D eigenvalue weighted by atomic mass is 10.2. The maximum Gasteiger partial charge on any atom is 0.253 e. The molecular formula is C10H10Cl2N2O2. The van der Waals surface area contributed by atoms with Gasteiger partial charge in [0.05, 0.1) is 21.9 Å². The van der Waals surface area contributed by atoms with Gasteiger partial charge in [0.1, 0.15) is 6.10 Å². The Morgan fingerprint density at radius 3 is 3.00 bits per heavy atom. The van der Waals surface area contributed by atoms with Gasteiger partial charge in [0.25, 0.3) is 5.91 Å². The van der Waals surface area contributed by atoms with Gasteiger partial charge in [-0.25, -0.2) is 0 Å². The molecule has 86 valence electrons. The molecule has 1 aliphatic rings. The van der Waals surface area contributed by atoms with Gasteiger partial charge in [0.2, 0.25) is 0 Å². The largest absolute Gasteiger partial charge is 0.368 e. The van der Waals surface area contributed by atoms with E-state index in [-0.39, 0.29) is 5.91 Å². The molecule has 0 aromatic carbocycles. The van der Waals surface area contributed by atoms with Crippen molar-refractivity contribution in [2.45, 2.75) is 18.9 Å². The van der Waals surface area contributed by atoms with Crippen molar-refractivity contribution in [3.63, 3.8) is 0 Å². The second-order valence-corrected chi connectivity index (χ2v) is 4.26. The number of halogens is 2. The van der Waals surface area contributed by atoms with Crippen LogP contribution in [0.25, 0.3) is 0 Å². The van der Waals surface area contributed by atoms with Crippen LogP contribution in [0, 0.1) is 0 Å². The molecule has 0 saturated carbocycles. The summed E-state index contributed by atoms with van der Waals surface area (Å²) < 4.78 is 5.25. The highest BCUT2D eigenvalue weighted by molar-refractivity contribution is 6.43. The Morgan fingerprint density at radius 2 is 2.31 bits per heavy atom. The fourth-order valence-corrected chi connectivity index (χ4v) is 1.81. The Labute approximate surface area is 103 Å². The fraction of sp³-hybridized carbons (Fsp3) is 0.400. The van der Waals surface area contributed by atoms with E-state index in [1.807, 2.05) is 0 Å². The minimum Gasteiger partial charge on any atom is -0.368 e. The van der Waals surface area contributed by atoms with Gasteiger partial charge in [-0.05, 0) is 12.8 Å². The van der Waals surface area contributed by atoms with E-state index < -0.39 is 6.10 Å². The minimum atomic E-state index is -0.393. The second-order valence-electron chi connectivity index (χ2n) is 3.47. The average molecular weight is 261 g/mol. The number of carbonyl (C=O) groups excluding carboxylic acids is 1. The molecule has 4 nitrogen and oxygen atoms in total. The monoisotopic (exact) mass is 260 g/mol. The maximum absolute atomic E-state index is 11.7. The first-order chi connectivity index (χ1) is 7.68. The molecule has 0 unspecified atom stereocenters. The summed E-state index contributed by atoms with van der Waals surface area (Å²) in [6.45, 7) is 0.625. The van der Waals surface area contributed by atoms with E-state index in [9.17, 15) is 4.79 Å². The third-order valence-electron chi connectivity index (χ3n) is 2.32. The summed E-state index contributed by atoms with van der Waals surface area (Å²) in [6, 6.07) is 0. The van der Waals surface area contributed by atoms with E-state index in [0.29, 0.717) is 22.3 Å². The molecule has 2 rings (SSSR count). The number of ether oxygens (including phenoxy) is 1. The number of nitrogens with zero attached hydrogens (tertiary/aromatic N) is 1. The van der Waals surface area contributed by atoms with Crippen molar-refractivity contribution in [1.82, 2.24) is 4.98 Å². The Hall–Kier alpha value is -0.840. The zero-order valence-electron chi connectivity index (χ0n) is 8.37. The molecule has 2 heterocycles. The number of hydrogen-bond donors (Lipinski definition) is 1. The van der Waals surface area contributed by atoms with Gasteiger partial charge in [0.15, 0.2) is 0 Å². The van der Waals surface area contributed by atoms with Gasteiger partial charge < -0.3 is 10.1 Å². The van der Waals surface area contributed by atoms with Crippen LogP contribution in [0.1, 0.15) is 12.8 Å². The van der Waals surface area contributed by atoms with Gasteiger partial charge in [0, 0.05) is 12.8 Å². The fourth-order valence-electron chi connectivity index (χ4n) is 1.50. The van der Waals surface area contributed by atoms with E-state index in [4.69, 9.17) is 27.9 Å². The van der Waals surface area contributed by atoms with Crippen molar-refractivity contribution in [2.24, 2.45) is 0 Å². The van der Waals surface area contributed by atoms with E-state index in [0.717, 1.165) is 12.8 Å². The highest BCUT2D eigenvalue weighted by atomic mass is 35.5. The number of carbonyl (C=O) groups is 1. The SMILES string of the molecule is O=C(Nc1cncc(Cl)c1Cl)[C@@H]1CCCO1. The van der Waals surface area contributed by atoms with Crippen LogP contribution in [-0.4, -0.2) is 23.6 Å². The van der Waals surface area contributed by atoms with Gasteiger partial charge in [-0.15, -0.1) is 0 Å². The van der Waals surface area contributed by atoms with Crippen molar-refractivity contribution in [2.75, 3.05) is 11.9 Å². The van der Waals surface area contributed by atoms with Crippen molar-refractivity contribution < 1.29 is 9.53 Å². The molecular weight excluding hydrogens is 251 g/mol. The molecule has 1 atom stereocenters. The zero-order chi connectivity index (χ0) is 11.5. The van der Waals surface area contributed by atoms with Crippen LogP contribution >= 0.6 is 23.2 Å². The number of aromatic nitrogens is 1. The lowest BCUT2D eigenvalue weighted by Gasteiger charge is -2.11. The summed E-state index contributed by atoms with van der Waals surface area (Å²) in [7, 11) is 0. The first kappa shape index (κ1) is 11.6. The van der Waals surface area contributed by atoms with Crippen molar-refractivity contribution in [3.05, 3.63) is 22.4 Å². The number of amides is 1. The Bertz CT molecular complexity index is 406. The summed E-state index contributed by atoms with van der Waals surface area (Å²) in [6.07, 6.45) is 4.12.